The summed E-state index contributed by atoms with van der Waals surface area (Å²) in [5, 5.41) is 2.11. The third-order valence-electron chi connectivity index (χ3n) is 2.41. The second kappa shape index (κ2) is 5.17. The molecule has 1 aliphatic rings. The summed E-state index contributed by atoms with van der Waals surface area (Å²) < 4.78 is 0. The van der Waals surface area contributed by atoms with Crippen LogP contribution in [0.25, 0.3) is 0 Å². The maximum Gasteiger partial charge on any atom is 0.0271 e. The van der Waals surface area contributed by atoms with Crippen molar-refractivity contribution in [1.82, 2.24) is 0 Å². The third-order valence-corrected chi connectivity index (χ3v) is 2.87. The fraction of sp³-hybridized carbons (Fsp3) is 0.889. The molecule has 1 radical (unpaired) electrons. The monoisotopic (exact) mass is 203 g/mol. The van der Waals surface area contributed by atoms with E-state index in [-0.39, 0.29) is 0 Å². The molecule has 0 nitrogen and oxygen atoms in total. The molecule has 1 saturated carbocycles. The molecule has 1 rings (SSSR count). The van der Waals surface area contributed by atoms with Gasteiger partial charge in [0.2, 0.25) is 0 Å². The van der Waals surface area contributed by atoms with Gasteiger partial charge in [-0.25, -0.2) is 0 Å². The van der Waals surface area contributed by atoms with Crippen molar-refractivity contribution in [1.29, 1.82) is 0 Å². The Bertz CT molecular complexity index is 74.8. The van der Waals surface area contributed by atoms with Crippen molar-refractivity contribution in [2.24, 2.45) is 5.92 Å². The summed E-state index contributed by atoms with van der Waals surface area (Å²) in [6, 6.07) is 0. The van der Waals surface area contributed by atoms with Crippen LogP contribution in [-0.2, 0) is 0 Å². The molecule has 10 heavy (non-hydrogen) atoms. The summed E-state index contributed by atoms with van der Waals surface area (Å²) in [4.78, 5) is 0. The summed E-state index contributed by atoms with van der Waals surface area (Å²) in [5.41, 5.74) is 0. The first kappa shape index (κ1) is 8.58. The molecule has 0 heterocycles. The molecule has 1 aliphatic carbocycles. The fourth-order valence-corrected chi connectivity index (χ4v) is 2.04. The molecule has 0 atom stereocenters. The lowest BCUT2D eigenvalue weighted by atomic mass is 9.86. The van der Waals surface area contributed by atoms with Crippen LogP contribution in [0, 0.1) is 11.2 Å². The van der Waals surface area contributed by atoms with E-state index in [2.05, 4.69) is 21.3 Å². The Kier molecular flexibility index (Phi) is 4.44. The van der Waals surface area contributed by atoms with Crippen LogP contribution in [0.3, 0.4) is 0 Å². The Labute approximate surface area is 72.5 Å². The molecule has 0 aliphatic heterocycles. The Hall–Kier alpha value is 0.480. The molecule has 0 aromatic heterocycles. The third kappa shape index (κ3) is 3.05. The van der Waals surface area contributed by atoms with Gasteiger partial charge >= 0.3 is 0 Å². The predicted octanol–water partition coefficient (Wildman–Crippen LogP) is 3.90. The topological polar surface area (TPSA) is 0 Å². The molecule has 0 spiro atoms. The van der Waals surface area contributed by atoms with E-state index >= 15 is 0 Å². The van der Waals surface area contributed by atoms with Gasteiger partial charge in [0.15, 0.2) is 0 Å². The average molecular weight is 204 g/mol. The summed E-state index contributed by atoms with van der Waals surface area (Å²) in [6.45, 7) is 0. The Morgan fingerprint density at radius 2 is 1.90 bits per heavy atom. The van der Waals surface area contributed by atoms with Crippen molar-refractivity contribution in [2.75, 3.05) is 0 Å². The lowest BCUT2D eigenvalue weighted by Crippen LogP contribution is -2.05. The van der Waals surface area contributed by atoms with E-state index in [0.29, 0.717) is 0 Å². The maximum absolute atomic E-state index is 3.35. The van der Waals surface area contributed by atoms with Crippen molar-refractivity contribution < 1.29 is 0 Å². The smallest absolute Gasteiger partial charge is 0.0271 e. The minimum absolute atomic E-state index is 1.04. The van der Waals surface area contributed by atoms with Crippen LogP contribution < -0.4 is 0 Å². The standard InChI is InChI=1S/C9H16Br/c10-8-4-7-9-5-2-1-3-6-9/h8-9H,1-7H2. The number of halogens is 1. The van der Waals surface area contributed by atoms with Crippen molar-refractivity contribution >= 4 is 15.9 Å². The summed E-state index contributed by atoms with van der Waals surface area (Å²) in [6.07, 6.45) is 10.1. The molecule has 1 heteroatoms. The molecular weight excluding hydrogens is 188 g/mol. The van der Waals surface area contributed by atoms with Crippen LogP contribution in [0.2, 0.25) is 0 Å². The van der Waals surface area contributed by atoms with Crippen molar-refractivity contribution in [2.45, 2.75) is 44.9 Å². The van der Waals surface area contributed by atoms with Crippen LogP contribution in [-0.4, -0.2) is 0 Å². The van der Waals surface area contributed by atoms with Gasteiger partial charge in [0.05, 0.1) is 0 Å². The first-order chi connectivity index (χ1) is 4.93. The molecule has 1 fully saturated rings. The SMILES string of the molecule is Br[CH]CCC1CCCCC1. The van der Waals surface area contributed by atoms with Gasteiger partial charge in [-0.15, -0.1) is 0 Å². The first-order valence-corrected chi connectivity index (χ1v) is 5.27. The summed E-state index contributed by atoms with van der Waals surface area (Å²) in [7, 11) is 0. The van der Waals surface area contributed by atoms with Crippen LogP contribution in [0.1, 0.15) is 44.9 Å². The minimum Gasteiger partial charge on any atom is -0.0879 e. The zero-order valence-electron chi connectivity index (χ0n) is 6.48. The molecule has 0 saturated heterocycles. The van der Waals surface area contributed by atoms with Gasteiger partial charge in [0, 0.05) is 5.33 Å². The highest BCUT2D eigenvalue weighted by Gasteiger charge is 2.11. The van der Waals surface area contributed by atoms with Crippen LogP contribution in [0.15, 0.2) is 0 Å². The van der Waals surface area contributed by atoms with E-state index in [1.165, 1.54) is 44.9 Å². The Morgan fingerprint density at radius 3 is 2.50 bits per heavy atom. The fourth-order valence-electron chi connectivity index (χ4n) is 1.77. The highest BCUT2D eigenvalue weighted by atomic mass is 79.9. The predicted molar refractivity (Wildman–Crippen MR) is 49.0 cm³/mol. The second-order valence-electron chi connectivity index (χ2n) is 3.24. The van der Waals surface area contributed by atoms with Crippen molar-refractivity contribution in [3.63, 3.8) is 0 Å². The number of hydrogen-bond acceptors (Lipinski definition) is 0. The molecule has 59 valence electrons. The molecule has 0 bridgehead atoms. The largest absolute Gasteiger partial charge is 0.0879 e. The van der Waals surface area contributed by atoms with Gasteiger partial charge < -0.3 is 0 Å². The molecule has 0 amide bonds. The molecule has 0 aromatic carbocycles. The van der Waals surface area contributed by atoms with E-state index < -0.39 is 0 Å². The van der Waals surface area contributed by atoms with E-state index in [1.54, 1.807) is 0 Å². The van der Waals surface area contributed by atoms with Crippen LogP contribution in [0.5, 0.6) is 0 Å². The normalized spacial score (nSPS) is 21.3. The second-order valence-corrected chi connectivity index (χ2v) is 3.88. The van der Waals surface area contributed by atoms with Gasteiger partial charge in [-0.2, -0.15) is 0 Å². The quantitative estimate of drug-likeness (QED) is 0.653. The van der Waals surface area contributed by atoms with E-state index in [1.807, 2.05) is 0 Å². The van der Waals surface area contributed by atoms with Gasteiger partial charge in [-0.3, -0.25) is 0 Å². The lowest BCUT2D eigenvalue weighted by Gasteiger charge is -2.20. The Morgan fingerprint density at radius 1 is 1.20 bits per heavy atom. The lowest BCUT2D eigenvalue weighted by molar-refractivity contribution is 0.340. The molecule has 0 N–H and O–H groups in total. The van der Waals surface area contributed by atoms with E-state index in [9.17, 15) is 0 Å². The Balaban J connectivity index is 2.02. The van der Waals surface area contributed by atoms with Crippen LogP contribution >= 0.6 is 15.9 Å². The van der Waals surface area contributed by atoms with Gasteiger partial charge in [0.25, 0.3) is 0 Å². The maximum atomic E-state index is 3.35. The zero-order chi connectivity index (χ0) is 7.23. The molecule has 0 aromatic rings. The van der Waals surface area contributed by atoms with Crippen molar-refractivity contribution in [3.05, 3.63) is 5.33 Å². The van der Waals surface area contributed by atoms with E-state index in [4.69, 9.17) is 0 Å². The average Bonchev–Trinajstić information content (AvgIpc) is 2.03. The van der Waals surface area contributed by atoms with Gasteiger partial charge in [-0.1, -0.05) is 48.0 Å². The zero-order valence-corrected chi connectivity index (χ0v) is 8.07. The van der Waals surface area contributed by atoms with Gasteiger partial charge in [-0.05, 0) is 18.8 Å². The summed E-state index contributed by atoms with van der Waals surface area (Å²) >= 11 is 3.35. The number of hydrogen-bond donors (Lipinski definition) is 0. The molecule has 0 unspecified atom stereocenters. The minimum atomic E-state index is 1.04. The van der Waals surface area contributed by atoms with Crippen molar-refractivity contribution in [3.8, 4) is 0 Å². The summed E-state index contributed by atoms with van der Waals surface area (Å²) in [5.74, 6) is 1.04. The molecular formula is C9H16Br. The number of rotatable bonds is 3. The van der Waals surface area contributed by atoms with Gasteiger partial charge in [0.1, 0.15) is 0 Å². The highest BCUT2D eigenvalue weighted by molar-refractivity contribution is 9.10. The highest BCUT2D eigenvalue weighted by Crippen LogP contribution is 2.27. The first-order valence-electron chi connectivity index (χ1n) is 4.35. The van der Waals surface area contributed by atoms with Crippen LogP contribution in [0.4, 0.5) is 0 Å². The van der Waals surface area contributed by atoms with E-state index in [0.717, 1.165) is 5.92 Å².